The normalized spacial score (nSPS) is 14.5. The molecule has 0 aliphatic carbocycles. The Bertz CT molecular complexity index is 459. The molecule has 0 atom stereocenters. The van der Waals surface area contributed by atoms with Gasteiger partial charge in [0.1, 0.15) is 0 Å². The molecule has 4 nitrogen and oxygen atoms in total. The number of halogens is 1. The molecule has 2 rings (SSSR count). The van der Waals surface area contributed by atoms with E-state index in [0.717, 1.165) is 4.47 Å². The fraction of sp³-hybridized carbons (Fsp3) is 0.273. The number of carbonyl (C=O) groups is 2. The molecule has 0 fully saturated rings. The molecule has 2 N–H and O–H groups in total. The highest BCUT2D eigenvalue weighted by atomic mass is 79.9. The van der Waals surface area contributed by atoms with Crippen LogP contribution in [0.1, 0.15) is 16.8 Å². The van der Waals surface area contributed by atoms with Crippen molar-refractivity contribution in [3.63, 3.8) is 0 Å². The summed E-state index contributed by atoms with van der Waals surface area (Å²) in [5, 5.41) is 0. The van der Waals surface area contributed by atoms with E-state index in [1.165, 1.54) is 4.90 Å². The number of anilines is 1. The van der Waals surface area contributed by atoms with Crippen LogP contribution in [0.3, 0.4) is 0 Å². The van der Waals surface area contributed by atoms with Crippen molar-refractivity contribution < 1.29 is 9.59 Å². The van der Waals surface area contributed by atoms with E-state index in [-0.39, 0.29) is 0 Å². The average molecular weight is 283 g/mol. The highest BCUT2D eigenvalue weighted by Crippen LogP contribution is 2.31. The summed E-state index contributed by atoms with van der Waals surface area (Å²) in [6.07, 6.45) is 0.685. The van der Waals surface area contributed by atoms with E-state index in [9.17, 15) is 9.59 Å². The van der Waals surface area contributed by atoms with E-state index in [2.05, 4.69) is 15.9 Å². The smallest absolute Gasteiger partial charge is 0.299 e. The van der Waals surface area contributed by atoms with Crippen LogP contribution < -0.4 is 10.6 Å². The maximum atomic E-state index is 11.7. The lowest BCUT2D eigenvalue weighted by Gasteiger charge is -2.15. The molecular weight excluding hydrogens is 272 g/mol. The second-order valence-corrected chi connectivity index (χ2v) is 4.51. The molecule has 5 heteroatoms. The fourth-order valence-electron chi connectivity index (χ4n) is 1.74. The van der Waals surface area contributed by atoms with Crippen LogP contribution >= 0.6 is 15.9 Å². The first-order valence-electron chi connectivity index (χ1n) is 5.01. The van der Waals surface area contributed by atoms with E-state index in [4.69, 9.17) is 5.73 Å². The number of Topliss-reactive ketones (excluding diaryl/α,β-unsaturated/α-hetero) is 1. The molecule has 0 spiro atoms. The van der Waals surface area contributed by atoms with Gasteiger partial charge in [-0.15, -0.1) is 0 Å². The van der Waals surface area contributed by atoms with Crippen LogP contribution in [0.25, 0.3) is 0 Å². The fourth-order valence-corrected chi connectivity index (χ4v) is 2.09. The minimum absolute atomic E-state index is 0.431. The van der Waals surface area contributed by atoms with Gasteiger partial charge < -0.3 is 10.6 Å². The molecule has 1 aromatic carbocycles. The second-order valence-electron chi connectivity index (χ2n) is 3.59. The predicted octanol–water partition coefficient (Wildman–Crippen LogP) is 1.33. The zero-order valence-electron chi connectivity index (χ0n) is 8.57. The van der Waals surface area contributed by atoms with E-state index in [1.54, 1.807) is 18.2 Å². The van der Waals surface area contributed by atoms with Crippen molar-refractivity contribution in [1.29, 1.82) is 0 Å². The van der Waals surface area contributed by atoms with Crippen molar-refractivity contribution in [3.05, 3.63) is 28.2 Å². The van der Waals surface area contributed by atoms with Gasteiger partial charge in [0.25, 0.3) is 11.7 Å². The minimum Gasteiger partial charge on any atom is -0.330 e. The average Bonchev–Trinajstić information content (AvgIpc) is 2.50. The third-order valence-corrected chi connectivity index (χ3v) is 3.01. The Morgan fingerprint density at radius 2 is 2.06 bits per heavy atom. The van der Waals surface area contributed by atoms with Crippen molar-refractivity contribution >= 4 is 33.3 Å². The van der Waals surface area contributed by atoms with Gasteiger partial charge in [-0.1, -0.05) is 15.9 Å². The Morgan fingerprint density at radius 3 is 2.75 bits per heavy atom. The van der Waals surface area contributed by atoms with Crippen LogP contribution in [0, 0.1) is 0 Å². The molecular formula is C11H11BrN2O2. The van der Waals surface area contributed by atoms with Crippen molar-refractivity contribution in [2.24, 2.45) is 5.73 Å². The van der Waals surface area contributed by atoms with Crippen LogP contribution in [0.15, 0.2) is 22.7 Å². The lowest BCUT2D eigenvalue weighted by atomic mass is 10.1. The Labute approximate surface area is 102 Å². The maximum Gasteiger partial charge on any atom is 0.299 e. The van der Waals surface area contributed by atoms with Gasteiger partial charge in [-0.05, 0) is 31.2 Å². The first kappa shape index (κ1) is 11.3. The largest absolute Gasteiger partial charge is 0.330 e. The monoisotopic (exact) mass is 282 g/mol. The number of rotatable bonds is 3. The van der Waals surface area contributed by atoms with Crippen LogP contribution in [0.2, 0.25) is 0 Å². The third kappa shape index (κ3) is 1.76. The number of benzene rings is 1. The highest BCUT2D eigenvalue weighted by molar-refractivity contribution is 9.10. The Morgan fingerprint density at radius 1 is 1.31 bits per heavy atom. The van der Waals surface area contributed by atoms with Crippen LogP contribution in [-0.2, 0) is 4.79 Å². The molecule has 84 valence electrons. The Hall–Kier alpha value is -1.20. The minimum atomic E-state index is -0.457. The summed E-state index contributed by atoms with van der Waals surface area (Å²) in [5.74, 6) is -0.888. The van der Waals surface area contributed by atoms with E-state index in [0.29, 0.717) is 30.8 Å². The van der Waals surface area contributed by atoms with Crippen molar-refractivity contribution in [3.8, 4) is 0 Å². The van der Waals surface area contributed by atoms with Gasteiger partial charge in [0, 0.05) is 11.0 Å². The molecule has 1 amide bonds. The molecule has 1 aliphatic rings. The maximum absolute atomic E-state index is 11.7. The summed E-state index contributed by atoms with van der Waals surface area (Å²) in [6, 6.07) is 5.22. The Kier molecular flexibility index (Phi) is 3.07. The number of hydrogen-bond acceptors (Lipinski definition) is 3. The van der Waals surface area contributed by atoms with Crippen LogP contribution in [-0.4, -0.2) is 24.8 Å². The number of ketones is 1. The van der Waals surface area contributed by atoms with Gasteiger partial charge in [0.15, 0.2) is 0 Å². The third-order valence-electron chi connectivity index (χ3n) is 2.52. The zero-order chi connectivity index (χ0) is 11.7. The molecule has 0 aromatic heterocycles. The standard InChI is InChI=1S/C11H11BrN2O2/c12-7-2-3-8-9(6-7)14(5-1-4-13)11(16)10(8)15/h2-3,6H,1,4-5,13H2. The molecule has 1 heterocycles. The molecule has 0 radical (unpaired) electrons. The molecule has 0 saturated heterocycles. The summed E-state index contributed by atoms with van der Waals surface area (Å²) in [7, 11) is 0. The molecule has 0 unspecified atom stereocenters. The van der Waals surface area contributed by atoms with Crippen LogP contribution in [0.4, 0.5) is 5.69 Å². The van der Waals surface area contributed by atoms with Gasteiger partial charge in [0.2, 0.25) is 0 Å². The number of nitrogens with zero attached hydrogens (tertiary/aromatic N) is 1. The number of nitrogens with two attached hydrogens (primary N) is 1. The van der Waals surface area contributed by atoms with E-state index >= 15 is 0 Å². The van der Waals surface area contributed by atoms with Gasteiger partial charge in [-0.3, -0.25) is 9.59 Å². The lowest BCUT2D eigenvalue weighted by molar-refractivity contribution is -0.114. The number of hydrogen-bond donors (Lipinski definition) is 1. The quantitative estimate of drug-likeness (QED) is 0.851. The van der Waals surface area contributed by atoms with Gasteiger partial charge in [0.05, 0.1) is 11.3 Å². The van der Waals surface area contributed by atoms with Crippen LogP contribution in [0.5, 0.6) is 0 Å². The van der Waals surface area contributed by atoms with Crippen molar-refractivity contribution in [2.45, 2.75) is 6.42 Å². The topological polar surface area (TPSA) is 63.4 Å². The van der Waals surface area contributed by atoms with Gasteiger partial charge >= 0.3 is 0 Å². The Balaban J connectivity index is 2.39. The van der Waals surface area contributed by atoms with Gasteiger partial charge in [-0.25, -0.2) is 0 Å². The summed E-state index contributed by atoms with van der Waals surface area (Å²) in [6.45, 7) is 0.992. The number of amides is 1. The highest BCUT2D eigenvalue weighted by Gasteiger charge is 2.35. The molecule has 1 aliphatic heterocycles. The number of carbonyl (C=O) groups excluding carboxylic acids is 2. The predicted molar refractivity (Wildman–Crippen MR) is 64.5 cm³/mol. The molecule has 16 heavy (non-hydrogen) atoms. The van der Waals surface area contributed by atoms with Gasteiger partial charge in [-0.2, -0.15) is 0 Å². The SMILES string of the molecule is NCCCN1C(=O)C(=O)c2ccc(Br)cc21. The first-order valence-corrected chi connectivity index (χ1v) is 5.80. The molecule has 0 bridgehead atoms. The summed E-state index contributed by atoms with van der Waals surface area (Å²) < 4.78 is 0.853. The van der Waals surface area contributed by atoms with E-state index in [1.807, 2.05) is 0 Å². The summed E-state index contributed by atoms with van der Waals surface area (Å²) in [5.41, 5.74) is 6.56. The molecule has 0 saturated carbocycles. The summed E-state index contributed by atoms with van der Waals surface area (Å²) in [4.78, 5) is 24.8. The molecule has 1 aromatic rings. The van der Waals surface area contributed by atoms with E-state index < -0.39 is 11.7 Å². The second kappa shape index (κ2) is 4.35. The van der Waals surface area contributed by atoms with Crippen molar-refractivity contribution in [2.75, 3.05) is 18.0 Å². The summed E-state index contributed by atoms with van der Waals surface area (Å²) >= 11 is 3.33. The zero-order valence-corrected chi connectivity index (χ0v) is 10.2. The lowest BCUT2D eigenvalue weighted by Crippen LogP contribution is -2.31. The number of fused-ring (bicyclic) bond motifs is 1. The first-order chi connectivity index (χ1) is 7.65. The van der Waals surface area contributed by atoms with Crippen molar-refractivity contribution in [1.82, 2.24) is 0 Å².